The van der Waals surface area contributed by atoms with Crippen LogP contribution in [0.4, 0.5) is 20.2 Å². The fourth-order valence-corrected chi connectivity index (χ4v) is 2.92. The van der Waals surface area contributed by atoms with Gasteiger partial charge in [-0.05, 0) is 36.4 Å². The Balaban J connectivity index is 1.72. The van der Waals surface area contributed by atoms with Gasteiger partial charge in [0.25, 0.3) is 5.76 Å². The van der Waals surface area contributed by atoms with E-state index in [1.54, 1.807) is 48.5 Å². The van der Waals surface area contributed by atoms with Gasteiger partial charge in [-0.15, -0.1) is 0 Å². The van der Waals surface area contributed by atoms with E-state index in [4.69, 9.17) is 9.47 Å². The van der Waals surface area contributed by atoms with E-state index in [2.05, 4.69) is 5.32 Å². The molecule has 0 aliphatic carbocycles. The highest BCUT2D eigenvalue weighted by molar-refractivity contribution is 7.99. The quantitative estimate of drug-likeness (QED) is 0.599. The maximum absolute atomic E-state index is 12.4. The normalized spacial score (nSPS) is 16.4. The largest absolute Gasteiger partial charge is 0.463 e. The van der Waals surface area contributed by atoms with E-state index in [9.17, 15) is 18.4 Å². The van der Waals surface area contributed by atoms with Crippen molar-refractivity contribution in [2.45, 2.75) is 23.2 Å². The summed E-state index contributed by atoms with van der Waals surface area (Å²) in [6.07, 6.45) is -0.551. The van der Waals surface area contributed by atoms with Crippen LogP contribution in [-0.2, 0) is 14.3 Å². The van der Waals surface area contributed by atoms with E-state index in [0.717, 1.165) is 0 Å². The van der Waals surface area contributed by atoms with Gasteiger partial charge in [0, 0.05) is 17.0 Å². The number of carbonyl (C=O) groups is 2. The van der Waals surface area contributed by atoms with Gasteiger partial charge in [0.15, 0.2) is 0 Å². The molecule has 0 unspecified atom stereocenters. The average Bonchev–Trinajstić information content (AvgIpc) is 3.01. The molecule has 0 bridgehead atoms. The summed E-state index contributed by atoms with van der Waals surface area (Å²) in [5.41, 5.74) is 1.38. The zero-order valence-corrected chi connectivity index (χ0v) is 14.3. The predicted molar refractivity (Wildman–Crippen MR) is 92.8 cm³/mol. The van der Waals surface area contributed by atoms with E-state index in [1.807, 2.05) is 0 Å². The summed E-state index contributed by atoms with van der Waals surface area (Å²) in [7, 11) is 0. The second-order valence-electron chi connectivity index (χ2n) is 5.42. The number of ether oxygens (including phenoxy) is 2. The van der Waals surface area contributed by atoms with Crippen molar-refractivity contribution in [2.24, 2.45) is 0 Å². The molecule has 1 atom stereocenters. The van der Waals surface area contributed by atoms with Crippen molar-refractivity contribution in [2.75, 3.05) is 11.9 Å². The molecule has 8 heteroatoms. The lowest BCUT2D eigenvalue weighted by Gasteiger charge is -2.13. The molecule has 1 heterocycles. The summed E-state index contributed by atoms with van der Waals surface area (Å²) in [4.78, 5) is 24.3. The van der Waals surface area contributed by atoms with Crippen molar-refractivity contribution < 1.29 is 27.8 Å². The molecule has 0 aromatic heterocycles. The third-order valence-electron chi connectivity index (χ3n) is 3.64. The Morgan fingerprint density at radius 3 is 2.58 bits per heavy atom. The average molecular weight is 379 g/mol. The van der Waals surface area contributed by atoms with Gasteiger partial charge in [-0.3, -0.25) is 0 Å². The number of esters is 2. The van der Waals surface area contributed by atoms with Gasteiger partial charge in [0.2, 0.25) is 6.10 Å². The Hall–Kier alpha value is -2.61. The van der Waals surface area contributed by atoms with Crippen molar-refractivity contribution >= 4 is 35.1 Å². The van der Waals surface area contributed by atoms with Crippen LogP contribution in [0, 0.1) is 0 Å². The molecule has 1 fully saturated rings. The highest BCUT2D eigenvalue weighted by Crippen LogP contribution is 2.28. The first kappa shape index (κ1) is 18.2. The molecule has 0 saturated carbocycles. The molecular weight excluding hydrogens is 364 g/mol. The molecule has 3 rings (SSSR count). The number of halogens is 2. The molecule has 2 aromatic carbocycles. The van der Waals surface area contributed by atoms with E-state index >= 15 is 0 Å². The first-order chi connectivity index (χ1) is 12.5. The Bertz CT molecular complexity index is 798. The van der Waals surface area contributed by atoms with E-state index in [0.29, 0.717) is 34.5 Å². The number of nitrogens with one attached hydrogen (secondary N) is 1. The molecule has 2 aromatic rings. The standard InChI is InChI=1S/C18H15F2NO4S/c19-18(20)26-12-7-5-11(6-8-12)21-14-4-2-1-3-13(14)16(22)25-15-9-10-24-17(15)23/h1-8,15,18,21H,9-10H2/t15-/m0/s1. The van der Waals surface area contributed by atoms with Crippen molar-refractivity contribution in [1.29, 1.82) is 0 Å². The highest BCUT2D eigenvalue weighted by atomic mass is 32.2. The minimum atomic E-state index is -2.48. The predicted octanol–water partition coefficient (Wildman–Crippen LogP) is 4.22. The van der Waals surface area contributed by atoms with Crippen LogP contribution < -0.4 is 5.32 Å². The number of alkyl halides is 2. The van der Waals surface area contributed by atoms with Crippen LogP contribution in [-0.4, -0.2) is 30.4 Å². The number of para-hydroxylation sites is 1. The summed E-state index contributed by atoms with van der Waals surface area (Å²) in [6.45, 7) is 0.236. The molecule has 136 valence electrons. The molecule has 5 nitrogen and oxygen atoms in total. The number of anilines is 2. The molecule has 1 saturated heterocycles. The summed E-state index contributed by atoms with van der Waals surface area (Å²) in [5.74, 6) is -3.66. The molecule has 1 aliphatic rings. The first-order valence-electron chi connectivity index (χ1n) is 7.81. The van der Waals surface area contributed by atoms with Gasteiger partial charge in [0.1, 0.15) is 0 Å². The Morgan fingerprint density at radius 1 is 1.19 bits per heavy atom. The summed E-state index contributed by atoms with van der Waals surface area (Å²) in [5, 5.41) is 3.06. The number of thioether (sulfide) groups is 1. The molecular formula is C18H15F2NO4S. The van der Waals surface area contributed by atoms with Crippen molar-refractivity contribution in [3.05, 3.63) is 54.1 Å². The number of rotatable bonds is 6. The molecule has 26 heavy (non-hydrogen) atoms. The van der Waals surface area contributed by atoms with E-state index in [-0.39, 0.29) is 12.2 Å². The van der Waals surface area contributed by atoms with E-state index < -0.39 is 23.8 Å². The van der Waals surface area contributed by atoms with Crippen molar-refractivity contribution in [3.63, 3.8) is 0 Å². The van der Waals surface area contributed by atoms with Crippen LogP contribution >= 0.6 is 11.8 Å². The van der Waals surface area contributed by atoms with Gasteiger partial charge in [-0.1, -0.05) is 23.9 Å². The lowest BCUT2D eigenvalue weighted by atomic mass is 10.1. The smallest absolute Gasteiger partial charge is 0.347 e. The van der Waals surface area contributed by atoms with Crippen molar-refractivity contribution in [1.82, 2.24) is 0 Å². The van der Waals surface area contributed by atoms with Crippen LogP contribution in [0.3, 0.4) is 0 Å². The zero-order chi connectivity index (χ0) is 18.5. The van der Waals surface area contributed by atoms with Gasteiger partial charge < -0.3 is 14.8 Å². The molecule has 0 amide bonds. The Kier molecular flexibility index (Phi) is 5.72. The lowest BCUT2D eigenvalue weighted by Crippen LogP contribution is -2.23. The molecule has 0 spiro atoms. The minimum absolute atomic E-state index is 0.236. The van der Waals surface area contributed by atoms with Gasteiger partial charge in [0.05, 0.1) is 17.9 Å². The van der Waals surface area contributed by atoms with Crippen LogP contribution in [0.5, 0.6) is 0 Å². The SMILES string of the molecule is O=C(O[C@H]1CCOC1=O)c1ccccc1Nc1ccc(SC(F)F)cc1. The summed E-state index contributed by atoms with van der Waals surface area (Å²) >= 11 is 0.460. The lowest BCUT2D eigenvalue weighted by molar-refractivity contribution is -0.145. The molecule has 1 N–H and O–H groups in total. The maximum Gasteiger partial charge on any atom is 0.347 e. The fraction of sp³-hybridized carbons (Fsp3) is 0.222. The van der Waals surface area contributed by atoms with E-state index in [1.165, 1.54) is 0 Å². The second kappa shape index (κ2) is 8.18. The number of carbonyl (C=O) groups excluding carboxylic acids is 2. The van der Waals surface area contributed by atoms with Crippen LogP contribution in [0.2, 0.25) is 0 Å². The van der Waals surface area contributed by atoms with Gasteiger partial charge in [-0.2, -0.15) is 8.78 Å². The zero-order valence-electron chi connectivity index (χ0n) is 13.5. The monoisotopic (exact) mass is 379 g/mol. The Labute approximate surface area is 152 Å². The summed E-state index contributed by atoms with van der Waals surface area (Å²) in [6, 6.07) is 13.1. The number of hydrogen-bond donors (Lipinski definition) is 1. The Morgan fingerprint density at radius 2 is 1.92 bits per heavy atom. The number of benzene rings is 2. The van der Waals surface area contributed by atoms with Gasteiger partial charge >= 0.3 is 11.9 Å². The van der Waals surface area contributed by atoms with Crippen LogP contribution in [0.15, 0.2) is 53.4 Å². The highest BCUT2D eigenvalue weighted by Gasteiger charge is 2.31. The third-order valence-corrected chi connectivity index (χ3v) is 4.36. The van der Waals surface area contributed by atoms with Crippen LogP contribution in [0.1, 0.15) is 16.8 Å². The minimum Gasteiger partial charge on any atom is -0.463 e. The number of cyclic esters (lactones) is 1. The maximum atomic E-state index is 12.4. The molecule has 0 radical (unpaired) electrons. The first-order valence-corrected chi connectivity index (χ1v) is 8.69. The fourth-order valence-electron chi connectivity index (χ4n) is 2.42. The van der Waals surface area contributed by atoms with Gasteiger partial charge in [-0.25, -0.2) is 9.59 Å². The van der Waals surface area contributed by atoms with Crippen molar-refractivity contribution in [3.8, 4) is 0 Å². The third kappa shape index (κ3) is 4.51. The number of hydrogen-bond acceptors (Lipinski definition) is 6. The summed E-state index contributed by atoms with van der Waals surface area (Å²) < 4.78 is 34.7. The molecule has 1 aliphatic heterocycles. The second-order valence-corrected chi connectivity index (χ2v) is 6.49. The van der Waals surface area contributed by atoms with Crippen LogP contribution in [0.25, 0.3) is 0 Å². The topological polar surface area (TPSA) is 64.6 Å².